The van der Waals surface area contributed by atoms with Crippen molar-refractivity contribution in [2.24, 2.45) is 5.92 Å². The molecular weight excluding hydrogens is 299 g/mol. The molecule has 2 amide bonds. The molecule has 2 aliphatic rings. The first-order chi connectivity index (χ1) is 9.56. The van der Waals surface area contributed by atoms with Crippen LogP contribution in [0.3, 0.4) is 0 Å². The van der Waals surface area contributed by atoms with E-state index in [1.807, 2.05) is 0 Å². The van der Waals surface area contributed by atoms with Crippen LogP contribution in [-0.4, -0.2) is 24.4 Å². The van der Waals surface area contributed by atoms with Gasteiger partial charge in [0, 0.05) is 17.6 Å². The van der Waals surface area contributed by atoms with E-state index in [-0.39, 0.29) is 17.9 Å². The van der Waals surface area contributed by atoms with Crippen LogP contribution < -0.4 is 10.2 Å². The van der Waals surface area contributed by atoms with E-state index in [9.17, 15) is 9.59 Å². The standard InChI is InChI=1S/C14H14Cl2N2O2/c15-8-1-4-12(11(16)7-8)18-6-5-10(14(18)20)13(19)17-9-2-3-9/h1,4,7,9-10H,2-3,5-6H2,(H,17,19)/t10-/m1/s1. The summed E-state index contributed by atoms with van der Waals surface area (Å²) < 4.78 is 0. The summed E-state index contributed by atoms with van der Waals surface area (Å²) in [5.74, 6) is -0.945. The summed E-state index contributed by atoms with van der Waals surface area (Å²) in [5, 5.41) is 3.83. The molecule has 3 rings (SSSR count). The molecule has 1 saturated carbocycles. The van der Waals surface area contributed by atoms with Gasteiger partial charge in [-0.05, 0) is 37.5 Å². The lowest BCUT2D eigenvalue weighted by atomic mass is 10.1. The van der Waals surface area contributed by atoms with Crippen LogP contribution in [0.2, 0.25) is 10.0 Å². The number of carbonyl (C=O) groups excluding carboxylic acids is 2. The average Bonchev–Trinajstić information content (AvgIpc) is 3.12. The normalized spacial score (nSPS) is 22.2. The molecule has 0 unspecified atom stereocenters. The Labute approximate surface area is 127 Å². The second-order valence-electron chi connectivity index (χ2n) is 5.21. The lowest BCUT2D eigenvalue weighted by molar-refractivity contribution is -0.132. The Balaban J connectivity index is 1.75. The number of anilines is 1. The molecule has 0 aromatic heterocycles. The molecule has 2 fully saturated rings. The highest BCUT2D eigenvalue weighted by molar-refractivity contribution is 6.37. The lowest BCUT2D eigenvalue weighted by Gasteiger charge is -2.18. The van der Waals surface area contributed by atoms with Gasteiger partial charge in [-0.2, -0.15) is 0 Å². The van der Waals surface area contributed by atoms with Crippen LogP contribution in [0.15, 0.2) is 18.2 Å². The molecule has 1 aromatic carbocycles. The highest BCUT2D eigenvalue weighted by Crippen LogP contribution is 2.33. The predicted molar refractivity (Wildman–Crippen MR) is 78.1 cm³/mol. The van der Waals surface area contributed by atoms with Gasteiger partial charge in [0.15, 0.2) is 0 Å². The average molecular weight is 313 g/mol. The van der Waals surface area contributed by atoms with E-state index in [1.54, 1.807) is 23.1 Å². The fraction of sp³-hybridized carbons (Fsp3) is 0.429. The number of hydrogen-bond donors (Lipinski definition) is 1. The second kappa shape index (κ2) is 5.26. The zero-order chi connectivity index (χ0) is 14.3. The van der Waals surface area contributed by atoms with Gasteiger partial charge in [-0.15, -0.1) is 0 Å². The van der Waals surface area contributed by atoms with E-state index in [0.717, 1.165) is 12.8 Å². The quantitative estimate of drug-likeness (QED) is 0.872. The molecule has 1 aromatic rings. The smallest absolute Gasteiger partial charge is 0.239 e. The van der Waals surface area contributed by atoms with Gasteiger partial charge in [-0.1, -0.05) is 23.2 Å². The Morgan fingerprint density at radius 1 is 1.25 bits per heavy atom. The third-order valence-electron chi connectivity index (χ3n) is 3.65. The number of hydrogen-bond acceptors (Lipinski definition) is 2. The van der Waals surface area contributed by atoms with Crippen molar-refractivity contribution in [3.63, 3.8) is 0 Å². The van der Waals surface area contributed by atoms with E-state index < -0.39 is 5.92 Å². The zero-order valence-corrected chi connectivity index (χ0v) is 12.2. The van der Waals surface area contributed by atoms with Crippen LogP contribution in [0.1, 0.15) is 19.3 Å². The molecule has 4 nitrogen and oxygen atoms in total. The minimum atomic E-state index is -0.595. The predicted octanol–water partition coefficient (Wildman–Crippen LogP) is 2.62. The maximum Gasteiger partial charge on any atom is 0.239 e. The number of halogens is 2. The minimum Gasteiger partial charge on any atom is -0.353 e. The van der Waals surface area contributed by atoms with Crippen molar-refractivity contribution in [2.45, 2.75) is 25.3 Å². The number of carbonyl (C=O) groups is 2. The van der Waals surface area contributed by atoms with Gasteiger partial charge >= 0.3 is 0 Å². The summed E-state index contributed by atoms with van der Waals surface area (Å²) in [7, 11) is 0. The molecular formula is C14H14Cl2N2O2. The molecule has 1 saturated heterocycles. The fourth-order valence-electron chi connectivity index (χ4n) is 2.39. The first-order valence-corrected chi connectivity index (χ1v) is 7.38. The van der Waals surface area contributed by atoms with Crippen LogP contribution in [0, 0.1) is 5.92 Å². The van der Waals surface area contributed by atoms with E-state index in [1.165, 1.54) is 0 Å². The molecule has 1 atom stereocenters. The molecule has 106 valence electrons. The highest BCUT2D eigenvalue weighted by atomic mass is 35.5. The Hall–Kier alpha value is -1.26. The van der Waals surface area contributed by atoms with Gasteiger partial charge in [0.2, 0.25) is 11.8 Å². The van der Waals surface area contributed by atoms with E-state index in [4.69, 9.17) is 23.2 Å². The first-order valence-electron chi connectivity index (χ1n) is 6.63. The molecule has 0 bridgehead atoms. The van der Waals surface area contributed by atoms with E-state index in [0.29, 0.717) is 28.7 Å². The molecule has 0 spiro atoms. The maximum absolute atomic E-state index is 12.4. The summed E-state index contributed by atoms with van der Waals surface area (Å²) in [6, 6.07) is 5.27. The van der Waals surface area contributed by atoms with Gasteiger partial charge in [0.05, 0.1) is 10.7 Å². The number of nitrogens with one attached hydrogen (secondary N) is 1. The summed E-state index contributed by atoms with van der Waals surface area (Å²) in [6.07, 6.45) is 2.55. The van der Waals surface area contributed by atoms with Crippen molar-refractivity contribution in [1.82, 2.24) is 5.32 Å². The highest BCUT2D eigenvalue weighted by Gasteiger charge is 2.39. The third-order valence-corrected chi connectivity index (χ3v) is 4.18. The molecule has 1 heterocycles. The van der Waals surface area contributed by atoms with Gasteiger partial charge in [-0.3, -0.25) is 9.59 Å². The Morgan fingerprint density at radius 3 is 2.65 bits per heavy atom. The zero-order valence-electron chi connectivity index (χ0n) is 10.7. The van der Waals surface area contributed by atoms with Crippen molar-refractivity contribution in [1.29, 1.82) is 0 Å². The number of benzene rings is 1. The van der Waals surface area contributed by atoms with Crippen LogP contribution >= 0.6 is 23.2 Å². The van der Waals surface area contributed by atoms with Gasteiger partial charge in [-0.25, -0.2) is 0 Å². The summed E-state index contributed by atoms with van der Waals surface area (Å²) in [5.41, 5.74) is 0.614. The summed E-state index contributed by atoms with van der Waals surface area (Å²) >= 11 is 12.0. The lowest BCUT2D eigenvalue weighted by Crippen LogP contribution is -2.37. The van der Waals surface area contributed by atoms with Crippen LogP contribution in [0.4, 0.5) is 5.69 Å². The first kappa shape index (κ1) is 13.7. The van der Waals surface area contributed by atoms with Crippen LogP contribution in [0.25, 0.3) is 0 Å². The van der Waals surface area contributed by atoms with Crippen LogP contribution in [0.5, 0.6) is 0 Å². The maximum atomic E-state index is 12.4. The largest absolute Gasteiger partial charge is 0.353 e. The monoisotopic (exact) mass is 312 g/mol. The fourth-order valence-corrected chi connectivity index (χ4v) is 2.90. The van der Waals surface area contributed by atoms with Crippen LogP contribution in [-0.2, 0) is 9.59 Å². The van der Waals surface area contributed by atoms with Crippen molar-refractivity contribution in [2.75, 3.05) is 11.4 Å². The SMILES string of the molecule is O=C(NC1CC1)[C@H]1CCN(c2ccc(Cl)cc2Cl)C1=O. The summed E-state index contributed by atoms with van der Waals surface area (Å²) in [6.45, 7) is 0.503. The molecule has 6 heteroatoms. The Kier molecular flexibility index (Phi) is 3.61. The Bertz CT molecular complexity index is 572. The Morgan fingerprint density at radius 2 is 2.00 bits per heavy atom. The van der Waals surface area contributed by atoms with Crippen molar-refractivity contribution >= 4 is 40.7 Å². The third kappa shape index (κ3) is 2.63. The van der Waals surface area contributed by atoms with Gasteiger partial charge in [0.1, 0.15) is 5.92 Å². The van der Waals surface area contributed by atoms with Crippen molar-refractivity contribution in [3.8, 4) is 0 Å². The van der Waals surface area contributed by atoms with Crippen molar-refractivity contribution < 1.29 is 9.59 Å². The number of nitrogens with zero attached hydrogens (tertiary/aromatic N) is 1. The van der Waals surface area contributed by atoms with E-state index in [2.05, 4.69) is 5.32 Å². The van der Waals surface area contributed by atoms with Crippen molar-refractivity contribution in [3.05, 3.63) is 28.2 Å². The number of rotatable bonds is 3. The molecule has 1 aliphatic heterocycles. The van der Waals surface area contributed by atoms with Gasteiger partial charge < -0.3 is 10.2 Å². The molecule has 1 aliphatic carbocycles. The molecule has 20 heavy (non-hydrogen) atoms. The number of amides is 2. The second-order valence-corrected chi connectivity index (χ2v) is 6.05. The molecule has 0 radical (unpaired) electrons. The van der Waals surface area contributed by atoms with E-state index >= 15 is 0 Å². The minimum absolute atomic E-state index is 0.162. The topological polar surface area (TPSA) is 49.4 Å². The summed E-state index contributed by atoms with van der Waals surface area (Å²) in [4.78, 5) is 25.9. The molecule has 1 N–H and O–H groups in total. The van der Waals surface area contributed by atoms with Gasteiger partial charge in [0.25, 0.3) is 0 Å².